The van der Waals surface area contributed by atoms with Crippen LogP contribution in [0, 0.1) is 0 Å². The average Bonchev–Trinajstić information content (AvgIpc) is 3.10. The monoisotopic (exact) mass is 386 g/mol. The van der Waals surface area contributed by atoms with Gasteiger partial charge in [-0.1, -0.05) is 12.1 Å². The summed E-state index contributed by atoms with van der Waals surface area (Å²) in [7, 11) is 0. The number of halogens is 3. The van der Waals surface area contributed by atoms with Crippen LogP contribution < -0.4 is 5.32 Å². The van der Waals surface area contributed by atoms with Crippen molar-refractivity contribution in [2.24, 2.45) is 0 Å². The Balaban J connectivity index is 1.72. The highest BCUT2D eigenvalue weighted by molar-refractivity contribution is 5.59. The van der Waals surface area contributed by atoms with E-state index in [1.807, 2.05) is 0 Å². The van der Waals surface area contributed by atoms with Crippen molar-refractivity contribution >= 4 is 0 Å². The molecule has 2 heterocycles. The summed E-state index contributed by atoms with van der Waals surface area (Å²) in [6, 6.07) is 5.10. The van der Waals surface area contributed by atoms with Crippen molar-refractivity contribution in [3.8, 4) is 11.5 Å². The number of nitrogens with one attached hydrogen (secondary N) is 1. The largest absolute Gasteiger partial charge is 0.444 e. The second kappa shape index (κ2) is 7.23. The lowest BCUT2D eigenvalue weighted by Crippen LogP contribution is -2.61. The summed E-state index contributed by atoms with van der Waals surface area (Å²) in [5.74, 6) is -0.849. The Bertz CT molecular complexity index is 779. The Morgan fingerprint density at radius 1 is 1.19 bits per heavy atom. The molecule has 27 heavy (non-hydrogen) atoms. The van der Waals surface area contributed by atoms with E-state index in [9.17, 15) is 18.3 Å². The summed E-state index contributed by atoms with van der Waals surface area (Å²) in [5, 5.41) is 12.8. The van der Waals surface area contributed by atoms with Gasteiger partial charge in [0.25, 0.3) is 0 Å². The average molecular weight is 386 g/mol. The number of oxazole rings is 1. The van der Waals surface area contributed by atoms with Crippen LogP contribution in [-0.2, 0) is 22.2 Å². The van der Waals surface area contributed by atoms with Crippen LogP contribution >= 0.6 is 0 Å². The summed E-state index contributed by atoms with van der Waals surface area (Å²) in [5.41, 5.74) is -1.35. The van der Waals surface area contributed by atoms with E-state index in [-0.39, 0.29) is 37.8 Å². The van der Waals surface area contributed by atoms with E-state index in [2.05, 4.69) is 10.3 Å². The first-order valence-corrected chi connectivity index (χ1v) is 8.39. The maximum absolute atomic E-state index is 13.2. The third-order valence-electron chi connectivity index (χ3n) is 4.35. The van der Waals surface area contributed by atoms with Gasteiger partial charge in [0.05, 0.1) is 36.6 Å². The predicted molar refractivity (Wildman–Crippen MR) is 89.6 cm³/mol. The van der Waals surface area contributed by atoms with Crippen molar-refractivity contribution in [1.82, 2.24) is 10.3 Å². The van der Waals surface area contributed by atoms with Crippen LogP contribution in [0.4, 0.5) is 13.2 Å². The lowest BCUT2D eigenvalue weighted by molar-refractivity contribution is -0.275. The molecule has 1 fully saturated rings. The minimum absolute atomic E-state index is 0.116. The Morgan fingerprint density at radius 2 is 1.85 bits per heavy atom. The highest BCUT2D eigenvalue weighted by Gasteiger charge is 2.39. The number of rotatable bonds is 5. The van der Waals surface area contributed by atoms with Gasteiger partial charge >= 0.3 is 6.18 Å². The number of aliphatic hydroxyl groups is 1. The van der Waals surface area contributed by atoms with Gasteiger partial charge in [-0.2, -0.15) is 13.2 Å². The maximum atomic E-state index is 13.2. The Kier molecular flexibility index (Phi) is 5.31. The molecule has 2 N–H and O–H groups in total. The fourth-order valence-electron chi connectivity index (χ4n) is 2.66. The number of hydrogen-bond donors (Lipinski definition) is 2. The molecule has 1 aliphatic rings. The lowest BCUT2D eigenvalue weighted by atomic mass is 10.0. The van der Waals surface area contributed by atoms with Crippen molar-refractivity contribution in [2.45, 2.75) is 37.9 Å². The van der Waals surface area contributed by atoms with Crippen molar-refractivity contribution in [2.75, 3.05) is 19.8 Å². The minimum Gasteiger partial charge on any atom is -0.444 e. The second-order valence-corrected chi connectivity index (χ2v) is 6.96. The van der Waals surface area contributed by atoms with Crippen LogP contribution in [0.2, 0.25) is 0 Å². The zero-order valence-corrected chi connectivity index (χ0v) is 15.0. The normalized spacial score (nSPS) is 19.2. The molecular formula is C18H21F3N2O4. The minimum atomic E-state index is -4.51. The zero-order valence-electron chi connectivity index (χ0n) is 15.0. The van der Waals surface area contributed by atoms with E-state index in [4.69, 9.17) is 13.9 Å². The van der Waals surface area contributed by atoms with Crippen molar-refractivity contribution < 1.29 is 32.2 Å². The van der Waals surface area contributed by atoms with E-state index in [1.165, 1.54) is 24.5 Å². The summed E-state index contributed by atoms with van der Waals surface area (Å²) < 4.78 is 55.9. The molecule has 0 saturated carbocycles. The number of aromatic nitrogens is 1. The zero-order chi connectivity index (χ0) is 19.7. The van der Waals surface area contributed by atoms with Crippen LogP contribution in [0.1, 0.15) is 25.1 Å². The molecule has 2 aromatic rings. The summed E-state index contributed by atoms with van der Waals surface area (Å²) >= 11 is 0. The molecule has 0 unspecified atom stereocenters. The van der Waals surface area contributed by atoms with Crippen LogP contribution in [-0.4, -0.2) is 41.2 Å². The second-order valence-electron chi connectivity index (χ2n) is 6.96. The topological polar surface area (TPSA) is 76.8 Å². The molecule has 1 aliphatic heterocycles. The van der Waals surface area contributed by atoms with E-state index in [0.29, 0.717) is 5.69 Å². The van der Waals surface area contributed by atoms with Gasteiger partial charge in [-0.3, -0.25) is 5.32 Å². The molecule has 0 radical (unpaired) electrons. The van der Waals surface area contributed by atoms with Gasteiger partial charge in [0.15, 0.2) is 5.79 Å². The lowest BCUT2D eigenvalue weighted by Gasteiger charge is -2.42. The van der Waals surface area contributed by atoms with Gasteiger partial charge in [0, 0.05) is 12.1 Å². The molecule has 148 valence electrons. The van der Waals surface area contributed by atoms with E-state index < -0.39 is 23.1 Å². The molecule has 0 atom stereocenters. The number of aliphatic hydroxyl groups excluding tert-OH is 1. The van der Waals surface area contributed by atoms with Crippen molar-refractivity contribution in [3.05, 3.63) is 41.8 Å². The smallest absolute Gasteiger partial charge is 0.417 e. The molecule has 1 aromatic carbocycles. The van der Waals surface area contributed by atoms with Gasteiger partial charge in [0.1, 0.15) is 6.26 Å². The quantitative estimate of drug-likeness (QED) is 0.823. The van der Waals surface area contributed by atoms with Gasteiger partial charge in [0.2, 0.25) is 5.89 Å². The first-order chi connectivity index (χ1) is 12.6. The highest BCUT2D eigenvalue weighted by atomic mass is 19.4. The number of ether oxygens (including phenoxy) is 2. The van der Waals surface area contributed by atoms with Crippen molar-refractivity contribution in [1.29, 1.82) is 0 Å². The molecule has 1 aromatic heterocycles. The van der Waals surface area contributed by atoms with E-state index in [0.717, 1.165) is 6.07 Å². The third kappa shape index (κ3) is 4.49. The van der Waals surface area contributed by atoms with Crippen LogP contribution in [0.3, 0.4) is 0 Å². The SMILES string of the molecule is CC1(C)OCC(CO)(NCc2coc(-c3ccccc3C(F)(F)F)n2)CO1. The standard InChI is InChI=1S/C18H21F3N2O4/c1-16(2)26-10-17(9-24,11-27-16)22-7-12-8-25-15(23-12)13-5-3-4-6-14(13)18(19,20)21/h3-6,8,22,24H,7,9-11H2,1-2H3. The molecule has 1 saturated heterocycles. The van der Waals surface area contributed by atoms with E-state index in [1.54, 1.807) is 13.8 Å². The summed E-state index contributed by atoms with van der Waals surface area (Å²) in [4.78, 5) is 4.14. The number of hydrogen-bond acceptors (Lipinski definition) is 6. The maximum Gasteiger partial charge on any atom is 0.417 e. The fourth-order valence-corrected chi connectivity index (χ4v) is 2.66. The Hall–Kier alpha value is -1.94. The van der Waals surface area contributed by atoms with Gasteiger partial charge in [-0.15, -0.1) is 0 Å². The molecular weight excluding hydrogens is 365 g/mol. The first kappa shape index (κ1) is 19.8. The third-order valence-corrected chi connectivity index (χ3v) is 4.35. The van der Waals surface area contributed by atoms with Crippen molar-refractivity contribution in [3.63, 3.8) is 0 Å². The predicted octanol–water partition coefficient (Wildman–Crippen LogP) is 2.96. The van der Waals surface area contributed by atoms with Crippen LogP contribution in [0.15, 0.2) is 34.9 Å². The molecule has 0 bridgehead atoms. The molecule has 6 nitrogen and oxygen atoms in total. The van der Waals surface area contributed by atoms with Gasteiger partial charge < -0.3 is 19.0 Å². The molecule has 0 spiro atoms. The molecule has 0 aliphatic carbocycles. The molecule has 9 heteroatoms. The molecule has 3 rings (SSSR count). The van der Waals surface area contributed by atoms with Crippen LogP contribution in [0.5, 0.6) is 0 Å². The number of benzene rings is 1. The fraction of sp³-hybridized carbons (Fsp3) is 0.500. The summed E-state index contributed by atoms with van der Waals surface area (Å²) in [6.45, 7) is 3.93. The number of alkyl halides is 3. The van der Waals surface area contributed by atoms with Crippen LogP contribution in [0.25, 0.3) is 11.5 Å². The molecule has 0 amide bonds. The highest BCUT2D eigenvalue weighted by Crippen LogP contribution is 2.36. The first-order valence-electron chi connectivity index (χ1n) is 8.39. The van der Waals surface area contributed by atoms with Gasteiger partial charge in [-0.05, 0) is 26.0 Å². The number of nitrogens with zero attached hydrogens (tertiary/aromatic N) is 1. The summed E-state index contributed by atoms with van der Waals surface area (Å²) in [6.07, 6.45) is -3.22. The van der Waals surface area contributed by atoms with E-state index >= 15 is 0 Å². The van der Waals surface area contributed by atoms with Gasteiger partial charge in [-0.25, -0.2) is 4.98 Å². The Labute approximate surface area is 154 Å². The Morgan fingerprint density at radius 3 is 2.48 bits per heavy atom.